The summed E-state index contributed by atoms with van der Waals surface area (Å²) in [6, 6.07) is 9.17. The molecule has 2 unspecified atom stereocenters. The summed E-state index contributed by atoms with van der Waals surface area (Å²) in [7, 11) is 0. The predicted octanol–water partition coefficient (Wildman–Crippen LogP) is 2.49. The molecule has 128 valence electrons. The molecule has 1 aromatic carbocycles. The zero-order valence-corrected chi connectivity index (χ0v) is 14.2. The average molecular weight is 350 g/mol. The smallest absolute Gasteiger partial charge is 0.292 e. The van der Waals surface area contributed by atoms with E-state index in [1.807, 2.05) is 25.1 Å². The molecule has 1 aliphatic rings. The van der Waals surface area contributed by atoms with Crippen LogP contribution in [0.3, 0.4) is 0 Å². The fraction of sp³-hybridized carbons (Fsp3) is 0.412. The van der Waals surface area contributed by atoms with Gasteiger partial charge < -0.3 is 14.8 Å². The molecule has 0 spiro atoms. The zero-order valence-electron chi connectivity index (χ0n) is 13.4. The summed E-state index contributed by atoms with van der Waals surface area (Å²) in [4.78, 5) is 12.4. The summed E-state index contributed by atoms with van der Waals surface area (Å²) in [6.07, 6.45) is 2.63. The van der Waals surface area contributed by atoms with Crippen molar-refractivity contribution in [3.05, 3.63) is 51.9 Å². The van der Waals surface area contributed by atoms with Gasteiger partial charge in [0.2, 0.25) is 0 Å². The Kier molecular flexibility index (Phi) is 5.50. The highest BCUT2D eigenvalue weighted by atomic mass is 35.5. The molecular weight excluding hydrogens is 330 g/mol. The van der Waals surface area contributed by atoms with Crippen molar-refractivity contribution >= 4 is 17.3 Å². The Morgan fingerprint density at radius 1 is 1.46 bits per heavy atom. The first kappa shape index (κ1) is 17.0. The lowest BCUT2D eigenvalue weighted by molar-refractivity contribution is 0.0395. The van der Waals surface area contributed by atoms with Crippen LogP contribution in [0.15, 0.2) is 41.3 Å². The van der Waals surface area contributed by atoms with Gasteiger partial charge in [-0.2, -0.15) is 9.78 Å². The number of anilines is 1. The second kappa shape index (κ2) is 7.79. The first-order chi connectivity index (χ1) is 11.6. The minimum atomic E-state index is -0.356. The molecule has 0 amide bonds. The Balaban J connectivity index is 1.68. The summed E-state index contributed by atoms with van der Waals surface area (Å²) >= 11 is 6.22. The van der Waals surface area contributed by atoms with Gasteiger partial charge in [0.25, 0.3) is 5.56 Å². The number of nitrogens with one attached hydrogen (secondary N) is 1. The molecule has 1 aliphatic heterocycles. The number of hydrogen-bond acceptors (Lipinski definition) is 5. The molecular formula is C17H20ClN3O3. The van der Waals surface area contributed by atoms with E-state index in [0.29, 0.717) is 24.6 Å². The molecule has 1 N–H and O–H groups in total. The Morgan fingerprint density at radius 3 is 2.96 bits per heavy atom. The monoisotopic (exact) mass is 349 g/mol. The van der Waals surface area contributed by atoms with Gasteiger partial charge in [-0.05, 0) is 25.5 Å². The lowest BCUT2D eigenvalue weighted by Gasteiger charge is -2.18. The van der Waals surface area contributed by atoms with Crippen LogP contribution in [0.2, 0.25) is 5.02 Å². The van der Waals surface area contributed by atoms with Crippen molar-refractivity contribution in [3.63, 3.8) is 0 Å². The highest BCUT2D eigenvalue weighted by Gasteiger charge is 2.18. The Bertz CT molecular complexity index is 730. The van der Waals surface area contributed by atoms with Crippen molar-refractivity contribution in [1.29, 1.82) is 0 Å². The molecule has 3 rings (SSSR count). The van der Waals surface area contributed by atoms with Gasteiger partial charge in [-0.1, -0.05) is 29.8 Å². The molecule has 6 nitrogen and oxygen atoms in total. The standard InChI is InChI=1S/C17H20ClN3O3/c1-12(10-24-14-7-8-23-11-14)20-15-9-19-21(17(22)16(15)18)13-5-3-2-4-6-13/h2-6,9,12,14,20H,7-8,10-11H2,1H3. The van der Waals surface area contributed by atoms with E-state index in [-0.39, 0.29) is 22.7 Å². The highest BCUT2D eigenvalue weighted by molar-refractivity contribution is 6.32. The van der Waals surface area contributed by atoms with Crippen molar-refractivity contribution in [3.8, 4) is 5.69 Å². The van der Waals surface area contributed by atoms with Gasteiger partial charge in [0.15, 0.2) is 0 Å². The maximum absolute atomic E-state index is 12.4. The van der Waals surface area contributed by atoms with Crippen LogP contribution >= 0.6 is 11.6 Å². The van der Waals surface area contributed by atoms with E-state index in [9.17, 15) is 4.79 Å². The number of aromatic nitrogens is 2. The fourth-order valence-electron chi connectivity index (χ4n) is 2.52. The minimum absolute atomic E-state index is 0.00289. The van der Waals surface area contributed by atoms with E-state index in [2.05, 4.69) is 10.4 Å². The summed E-state index contributed by atoms with van der Waals surface area (Å²) < 4.78 is 12.3. The maximum Gasteiger partial charge on any atom is 0.292 e. The summed E-state index contributed by atoms with van der Waals surface area (Å²) in [5, 5.41) is 7.49. The first-order valence-electron chi connectivity index (χ1n) is 7.94. The molecule has 1 aromatic heterocycles. The Hall–Kier alpha value is -1.89. The molecule has 7 heteroatoms. The van der Waals surface area contributed by atoms with E-state index in [4.69, 9.17) is 21.1 Å². The normalized spacial score (nSPS) is 18.5. The molecule has 0 aliphatic carbocycles. The van der Waals surface area contributed by atoms with Gasteiger partial charge >= 0.3 is 0 Å². The van der Waals surface area contributed by atoms with Crippen LogP contribution in [0, 0.1) is 0 Å². The zero-order chi connectivity index (χ0) is 16.9. The summed E-state index contributed by atoms with van der Waals surface area (Å²) in [5.41, 5.74) is 0.825. The molecule has 0 saturated carbocycles. The highest BCUT2D eigenvalue weighted by Crippen LogP contribution is 2.18. The average Bonchev–Trinajstić information content (AvgIpc) is 3.12. The van der Waals surface area contributed by atoms with Gasteiger partial charge in [-0.3, -0.25) is 4.79 Å². The molecule has 1 saturated heterocycles. The first-order valence-corrected chi connectivity index (χ1v) is 8.32. The second-order valence-electron chi connectivity index (χ2n) is 5.79. The maximum atomic E-state index is 12.4. The molecule has 0 bridgehead atoms. The minimum Gasteiger partial charge on any atom is -0.379 e. The van der Waals surface area contributed by atoms with E-state index in [1.54, 1.807) is 18.3 Å². The predicted molar refractivity (Wildman–Crippen MR) is 93.1 cm³/mol. The number of halogens is 1. The third-order valence-corrected chi connectivity index (χ3v) is 4.16. The van der Waals surface area contributed by atoms with Crippen molar-refractivity contribution in [2.24, 2.45) is 0 Å². The lowest BCUT2D eigenvalue weighted by Crippen LogP contribution is -2.28. The van der Waals surface area contributed by atoms with Gasteiger partial charge in [-0.25, -0.2) is 0 Å². The van der Waals surface area contributed by atoms with Gasteiger partial charge in [0, 0.05) is 12.6 Å². The van der Waals surface area contributed by atoms with E-state index in [1.165, 1.54) is 4.68 Å². The van der Waals surface area contributed by atoms with Crippen LogP contribution in [0.25, 0.3) is 5.69 Å². The number of ether oxygens (including phenoxy) is 2. The van der Waals surface area contributed by atoms with Crippen LogP contribution in [0.4, 0.5) is 5.69 Å². The van der Waals surface area contributed by atoms with Crippen LogP contribution in [-0.2, 0) is 9.47 Å². The second-order valence-corrected chi connectivity index (χ2v) is 6.17. The van der Waals surface area contributed by atoms with Crippen molar-refractivity contribution in [2.45, 2.75) is 25.5 Å². The third kappa shape index (κ3) is 3.95. The molecule has 2 aromatic rings. The Labute approximate surface area is 145 Å². The van der Waals surface area contributed by atoms with E-state index < -0.39 is 0 Å². The summed E-state index contributed by atoms with van der Waals surface area (Å²) in [5.74, 6) is 0. The number of hydrogen-bond donors (Lipinski definition) is 1. The lowest BCUT2D eigenvalue weighted by atomic mass is 10.3. The van der Waals surface area contributed by atoms with Crippen LogP contribution in [0.5, 0.6) is 0 Å². The van der Waals surface area contributed by atoms with Crippen LogP contribution in [-0.4, -0.2) is 41.7 Å². The van der Waals surface area contributed by atoms with Gasteiger partial charge in [0.1, 0.15) is 5.02 Å². The third-order valence-electron chi connectivity index (χ3n) is 3.79. The topological polar surface area (TPSA) is 65.4 Å². The molecule has 2 atom stereocenters. The van der Waals surface area contributed by atoms with Crippen LogP contribution < -0.4 is 10.9 Å². The number of rotatable bonds is 6. The van der Waals surface area contributed by atoms with Gasteiger partial charge in [0.05, 0.1) is 36.9 Å². The molecule has 2 heterocycles. The fourth-order valence-corrected chi connectivity index (χ4v) is 2.70. The number of nitrogens with zero attached hydrogens (tertiary/aromatic N) is 2. The molecule has 1 fully saturated rings. The van der Waals surface area contributed by atoms with Gasteiger partial charge in [-0.15, -0.1) is 0 Å². The summed E-state index contributed by atoms with van der Waals surface area (Å²) in [6.45, 7) is 3.86. The van der Waals surface area contributed by atoms with Crippen molar-refractivity contribution in [2.75, 3.05) is 25.1 Å². The molecule has 0 radical (unpaired) electrons. The quantitative estimate of drug-likeness (QED) is 0.868. The Morgan fingerprint density at radius 2 is 2.25 bits per heavy atom. The largest absolute Gasteiger partial charge is 0.379 e. The SMILES string of the molecule is CC(COC1CCOC1)Nc1cnn(-c2ccccc2)c(=O)c1Cl. The van der Waals surface area contributed by atoms with Crippen molar-refractivity contribution in [1.82, 2.24) is 9.78 Å². The van der Waals surface area contributed by atoms with E-state index in [0.717, 1.165) is 13.0 Å². The van der Waals surface area contributed by atoms with E-state index >= 15 is 0 Å². The number of para-hydroxylation sites is 1. The van der Waals surface area contributed by atoms with Crippen molar-refractivity contribution < 1.29 is 9.47 Å². The number of benzene rings is 1. The molecule has 24 heavy (non-hydrogen) atoms. The van der Waals surface area contributed by atoms with Crippen LogP contribution in [0.1, 0.15) is 13.3 Å².